The van der Waals surface area contributed by atoms with Crippen LogP contribution in [-0.4, -0.2) is 15.1 Å². The van der Waals surface area contributed by atoms with Crippen molar-refractivity contribution in [3.05, 3.63) is 101 Å². The molecule has 0 atom stereocenters. The van der Waals surface area contributed by atoms with E-state index in [9.17, 15) is 5.11 Å². The van der Waals surface area contributed by atoms with Gasteiger partial charge in [0.15, 0.2) is 0 Å². The molecule has 132 valence electrons. The average molecular weight is 352 g/mol. The van der Waals surface area contributed by atoms with E-state index in [0.717, 1.165) is 16.6 Å². The van der Waals surface area contributed by atoms with Crippen molar-refractivity contribution in [2.24, 2.45) is 0 Å². The van der Waals surface area contributed by atoms with Gasteiger partial charge in [-0.15, -0.1) is 0 Å². The number of para-hydroxylation sites is 2. The van der Waals surface area contributed by atoms with Crippen LogP contribution in [0.1, 0.15) is 28.2 Å². The number of hydrogen-bond donors (Lipinski definition) is 3. The van der Waals surface area contributed by atoms with Crippen molar-refractivity contribution in [2.45, 2.75) is 12.8 Å². The number of aryl methyl sites for hydroxylation is 1. The molecule has 0 radical (unpaired) electrons. The Morgan fingerprint density at radius 1 is 0.741 bits per heavy atom. The normalized spacial score (nSPS) is 11.6. The molecular weight excluding hydrogens is 332 g/mol. The number of rotatable bonds is 3. The molecule has 27 heavy (non-hydrogen) atoms. The van der Waals surface area contributed by atoms with Crippen molar-refractivity contribution in [1.29, 1.82) is 0 Å². The van der Waals surface area contributed by atoms with Crippen molar-refractivity contribution in [2.75, 3.05) is 0 Å². The summed E-state index contributed by atoms with van der Waals surface area (Å²) in [4.78, 5) is 6.83. The number of aromatic hydroxyl groups is 1. The average Bonchev–Trinajstić information content (AvgIpc) is 3.30. The van der Waals surface area contributed by atoms with Gasteiger partial charge < -0.3 is 15.1 Å². The highest BCUT2D eigenvalue weighted by Crippen LogP contribution is 2.40. The molecule has 0 amide bonds. The van der Waals surface area contributed by atoms with Crippen LogP contribution in [0.3, 0.4) is 0 Å². The fraction of sp³-hybridized carbons (Fsp3) is 0.0833. The van der Waals surface area contributed by atoms with Crippen LogP contribution in [0.25, 0.3) is 21.8 Å². The summed E-state index contributed by atoms with van der Waals surface area (Å²) in [5.41, 5.74) is 6.79. The highest BCUT2D eigenvalue weighted by molar-refractivity contribution is 5.89. The lowest BCUT2D eigenvalue weighted by atomic mass is 9.84. The Bertz CT molecular complexity index is 1190. The molecule has 5 aromatic rings. The number of hydrogen-bond acceptors (Lipinski definition) is 1. The predicted octanol–water partition coefficient (Wildman–Crippen LogP) is 5.84. The molecule has 0 bridgehead atoms. The van der Waals surface area contributed by atoms with Crippen molar-refractivity contribution >= 4 is 21.8 Å². The van der Waals surface area contributed by atoms with Gasteiger partial charge in [-0.1, -0.05) is 48.5 Å². The number of aromatic amines is 2. The molecule has 0 aliphatic carbocycles. The summed E-state index contributed by atoms with van der Waals surface area (Å²) in [6.07, 6.45) is 4.22. The van der Waals surface area contributed by atoms with Crippen LogP contribution < -0.4 is 0 Å². The molecule has 5 rings (SSSR count). The van der Waals surface area contributed by atoms with Gasteiger partial charge in [0.2, 0.25) is 0 Å². The zero-order valence-corrected chi connectivity index (χ0v) is 15.0. The maximum Gasteiger partial charge on any atom is 0.118 e. The van der Waals surface area contributed by atoms with Gasteiger partial charge in [0.25, 0.3) is 0 Å². The minimum Gasteiger partial charge on any atom is -0.508 e. The molecule has 0 aliphatic heterocycles. The first-order valence-corrected chi connectivity index (χ1v) is 9.14. The lowest BCUT2D eigenvalue weighted by Crippen LogP contribution is -2.03. The molecular formula is C24H20N2O. The highest BCUT2D eigenvalue weighted by atomic mass is 16.3. The molecule has 0 spiro atoms. The van der Waals surface area contributed by atoms with Crippen LogP contribution in [0.2, 0.25) is 0 Å². The smallest absolute Gasteiger partial charge is 0.118 e. The number of phenolic OH excluding ortho intramolecular Hbond substituents is 1. The van der Waals surface area contributed by atoms with Crippen LogP contribution in [0, 0.1) is 6.92 Å². The third kappa shape index (κ3) is 2.51. The maximum absolute atomic E-state index is 10.0. The second-order valence-electron chi connectivity index (χ2n) is 7.06. The molecule has 2 heterocycles. The minimum absolute atomic E-state index is 0.0663. The van der Waals surface area contributed by atoms with Gasteiger partial charge in [0.1, 0.15) is 5.75 Å². The van der Waals surface area contributed by atoms with Crippen molar-refractivity contribution in [3.63, 3.8) is 0 Å². The molecule has 0 unspecified atom stereocenters. The van der Waals surface area contributed by atoms with E-state index in [1.54, 1.807) is 6.07 Å². The van der Waals surface area contributed by atoms with Gasteiger partial charge in [-0.05, 0) is 47.4 Å². The molecule has 3 heteroatoms. The summed E-state index contributed by atoms with van der Waals surface area (Å²) < 4.78 is 0. The number of aromatic nitrogens is 2. The Labute approximate surface area is 157 Å². The number of H-pyrrole nitrogens is 2. The van der Waals surface area contributed by atoms with E-state index in [0.29, 0.717) is 5.75 Å². The van der Waals surface area contributed by atoms with Crippen LogP contribution >= 0.6 is 0 Å². The second-order valence-corrected chi connectivity index (χ2v) is 7.06. The molecule has 0 saturated heterocycles. The van der Waals surface area contributed by atoms with E-state index in [4.69, 9.17) is 0 Å². The molecule has 3 aromatic carbocycles. The van der Waals surface area contributed by atoms with Gasteiger partial charge in [0.05, 0.1) is 0 Å². The van der Waals surface area contributed by atoms with Crippen molar-refractivity contribution < 1.29 is 5.11 Å². The summed E-state index contributed by atoms with van der Waals surface area (Å²) >= 11 is 0. The highest BCUT2D eigenvalue weighted by Gasteiger charge is 2.23. The van der Waals surface area contributed by atoms with Gasteiger partial charge >= 0.3 is 0 Å². The van der Waals surface area contributed by atoms with Crippen LogP contribution in [0.5, 0.6) is 5.75 Å². The number of nitrogens with one attached hydrogen (secondary N) is 2. The Balaban J connectivity index is 1.81. The third-order valence-electron chi connectivity index (χ3n) is 5.42. The molecule has 3 nitrogen and oxygen atoms in total. The van der Waals surface area contributed by atoms with E-state index >= 15 is 0 Å². The zero-order chi connectivity index (χ0) is 18.4. The first kappa shape index (κ1) is 15.8. The number of phenols is 1. The van der Waals surface area contributed by atoms with Crippen molar-refractivity contribution in [1.82, 2.24) is 9.97 Å². The zero-order valence-electron chi connectivity index (χ0n) is 15.0. The fourth-order valence-corrected chi connectivity index (χ4v) is 4.05. The van der Waals surface area contributed by atoms with Crippen LogP contribution in [0.15, 0.2) is 79.1 Å². The van der Waals surface area contributed by atoms with Gasteiger partial charge in [-0.3, -0.25) is 0 Å². The van der Waals surface area contributed by atoms with Crippen LogP contribution in [-0.2, 0) is 0 Å². The number of fused-ring (bicyclic) bond motifs is 2. The summed E-state index contributed by atoms with van der Waals surface area (Å²) in [6, 6.07) is 22.7. The third-order valence-corrected chi connectivity index (χ3v) is 5.42. The van der Waals surface area contributed by atoms with Crippen LogP contribution in [0.4, 0.5) is 0 Å². The summed E-state index contributed by atoms with van der Waals surface area (Å²) in [5, 5.41) is 12.5. The lowest BCUT2D eigenvalue weighted by Gasteiger charge is -2.18. The molecule has 0 aliphatic rings. The molecule has 3 N–H and O–H groups in total. The first-order chi connectivity index (χ1) is 13.2. The van der Waals surface area contributed by atoms with Gasteiger partial charge in [-0.2, -0.15) is 0 Å². The van der Waals surface area contributed by atoms with E-state index in [1.807, 2.05) is 25.1 Å². The predicted molar refractivity (Wildman–Crippen MR) is 110 cm³/mol. The Kier molecular flexibility index (Phi) is 3.54. The lowest BCUT2D eigenvalue weighted by molar-refractivity contribution is 0.471. The van der Waals surface area contributed by atoms with Gasteiger partial charge in [-0.25, -0.2) is 0 Å². The standard InChI is InChI=1S/C24H20N2O/c1-15-12-16(10-11-23(15)27)24(19-13-25-21-8-4-2-6-17(19)21)20-14-26-22-9-5-3-7-18(20)22/h2-14,24-27H,1H3. The Hall–Kier alpha value is -3.46. The van der Waals surface area contributed by atoms with E-state index in [2.05, 4.69) is 64.8 Å². The van der Waals surface area contributed by atoms with Crippen molar-refractivity contribution in [3.8, 4) is 5.75 Å². The monoisotopic (exact) mass is 352 g/mol. The molecule has 0 saturated carbocycles. The van der Waals surface area contributed by atoms with Gasteiger partial charge in [0, 0.05) is 40.1 Å². The first-order valence-electron chi connectivity index (χ1n) is 9.14. The van der Waals surface area contributed by atoms with E-state index in [-0.39, 0.29) is 5.92 Å². The SMILES string of the molecule is Cc1cc(C(c2c[nH]c3ccccc23)c2c[nH]c3ccccc23)ccc1O. The Morgan fingerprint density at radius 3 is 1.85 bits per heavy atom. The maximum atomic E-state index is 10.0. The minimum atomic E-state index is 0.0663. The summed E-state index contributed by atoms with van der Waals surface area (Å²) in [5.74, 6) is 0.395. The largest absolute Gasteiger partial charge is 0.508 e. The van der Waals surface area contributed by atoms with E-state index in [1.165, 1.54) is 27.5 Å². The molecule has 0 fully saturated rings. The van der Waals surface area contributed by atoms with E-state index < -0.39 is 0 Å². The number of benzene rings is 3. The molecule has 2 aromatic heterocycles. The fourth-order valence-electron chi connectivity index (χ4n) is 4.05. The summed E-state index contributed by atoms with van der Waals surface area (Å²) in [6.45, 7) is 1.94. The summed E-state index contributed by atoms with van der Waals surface area (Å²) in [7, 11) is 0. The Morgan fingerprint density at radius 2 is 1.30 bits per heavy atom. The topological polar surface area (TPSA) is 51.8 Å². The quantitative estimate of drug-likeness (QED) is 0.375. The second kappa shape index (κ2) is 6.06.